The number of nitrogens with one attached hydrogen (secondary N) is 1. The lowest BCUT2D eigenvalue weighted by Crippen LogP contribution is -2.23. The fourth-order valence-corrected chi connectivity index (χ4v) is 2.22. The number of para-hydroxylation sites is 2. The number of hydrogen-bond acceptors (Lipinski definition) is 4. The maximum Gasteiger partial charge on any atom is 0.161 e. The summed E-state index contributed by atoms with van der Waals surface area (Å²) in [5, 5.41) is 3.36. The quantitative estimate of drug-likeness (QED) is 0.636. The molecule has 0 aliphatic rings. The molecular weight excluding hydrogens is 302 g/mol. The lowest BCUT2D eigenvalue weighted by Gasteiger charge is -2.12. The van der Waals surface area contributed by atoms with E-state index >= 15 is 0 Å². The topological polar surface area (TPSA) is 39.7 Å². The average Bonchev–Trinajstić information content (AvgIpc) is 2.60. The third-order valence-corrected chi connectivity index (χ3v) is 3.47. The number of ether oxygens (including phenoxy) is 3. The molecule has 1 N–H and O–H groups in total. The number of aryl methyl sites for hydroxylation is 1. The molecule has 0 spiro atoms. The van der Waals surface area contributed by atoms with Crippen LogP contribution in [0.25, 0.3) is 0 Å². The number of hydrogen-bond donors (Lipinski definition) is 1. The van der Waals surface area contributed by atoms with Crippen LogP contribution < -0.4 is 19.5 Å². The Bertz CT molecular complexity index is 584. The zero-order chi connectivity index (χ0) is 17.0. The van der Waals surface area contributed by atoms with Crippen LogP contribution in [0.5, 0.6) is 17.2 Å². The smallest absolute Gasteiger partial charge is 0.161 e. The third kappa shape index (κ3) is 6.50. The Labute approximate surface area is 144 Å². The van der Waals surface area contributed by atoms with Gasteiger partial charge in [-0.1, -0.05) is 29.8 Å². The fourth-order valence-electron chi connectivity index (χ4n) is 2.22. The molecular formula is C20H27NO3. The molecule has 0 aliphatic heterocycles. The van der Waals surface area contributed by atoms with Crippen LogP contribution in [0.1, 0.15) is 18.9 Å². The zero-order valence-corrected chi connectivity index (χ0v) is 14.6. The van der Waals surface area contributed by atoms with Crippen molar-refractivity contribution in [3.8, 4) is 17.2 Å². The summed E-state index contributed by atoms with van der Waals surface area (Å²) in [5.41, 5.74) is 1.25. The minimum Gasteiger partial charge on any atom is -0.494 e. The van der Waals surface area contributed by atoms with E-state index in [0.29, 0.717) is 19.8 Å². The highest BCUT2D eigenvalue weighted by Crippen LogP contribution is 2.25. The Balaban J connectivity index is 1.53. The average molecular weight is 329 g/mol. The molecule has 0 saturated heterocycles. The van der Waals surface area contributed by atoms with Crippen molar-refractivity contribution < 1.29 is 14.2 Å². The van der Waals surface area contributed by atoms with Gasteiger partial charge in [-0.05, 0) is 51.1 Å². The van der Waals surface area contributed by atoms with Gasteiger partial charge in [0.15, 0.2) is 11.5 Å². The SMILES string of the molecule is CCOc1ccccc1OCCNCCCOc1ccc(C)cc1. The summed E-state index contributed by atoms with van der Waals surface area (Å²) in [5.74, 6) is 2.52. The molecule has 0 aromatic heterocycles. The van der Waals surface area contributed by atoms with E-state index in [1.165, 1.54) is 5.56 Å². The zero-order valence-electron chi connectivity index (χ0n) is 14.6. The van der Waals surface area contributed by atoms with Crippen LogP contribution in [0, 0.1) is 6.92 Å². The molecule has 4 heteroatoms. The highest BCUT2D eigenvalue weighted by atomic mass is 16.5. The first-order valence-corrected chi connectivity index (χ1v) is 8.54. The van der Waals surface area contributed by atoms with E-state index in [1.54, 1.807) is 0 Å². The van der Waals surface area contributed by atoms with Crippen molar-refractivity contribution in [3.63, 3.8) is 0 Å². The van der Waals surface area contributed by atoms with Crippen molar-refractivity contribution in [2.24, 2.45) is 0 Å². The van der Waals surface area contributed by atoms with Crippen molar-refractivity contribution in [1.82, 2.24) is 5.32 Å². The van der Waals surface area contributed by atoms with E-state index < -0.39 is 0 Å². The highest BCUT2D eigenvalue weighted by molar-refractivity contribution is 5.39. The molecule has 0 saturated carbocycles. The van der Waals surface area contributed by atoms with Crippen LogP contribution in [-0.4, -0.2) is 32.9 Å². The van der Waals surface area contributed by atoms with Gasteiger partial charge in [0.1, 0.15) is 12.4 Å². The molecule has 0 unspecified atom stereocenters. The summed E-state index contributed by atoms with van der Waals surface area (Å²) >= 11 is 0. The summed E-state index contributed by atoms with van der Waals surface area (Å²) in [6.45, 7) is 7.71. The fraction of sp³-hybridized carbons (Fsp3) is 0.400. The minimum absolute atomic E-state index is 0.614. The van der Waals surface area contributed by atoms with Gasteiger partial charge in [0.2, 0.25) is 0 Å². The second kappa shape index (κ2) is 10.6. The van der Waals surface area contributed by atoms with Crippen molar-refractivity contribution in [1.29, 1.82) is 0 Å². The normalized spacial score (nSPS) is 10.4. The summed E-state index contributed by atoms with van der Waals surface area (Å²) in [4.78, 5) is 0. The molecule has 130 valence electrons. The van der Waals surface area contributed by atoms with Gasteiger partial charge in [0.05, 0.1) is 13.2 Å². The van der Waals surface area contributed by atoms with Gasteiger partial charge in [-0.15, -0.1) is 0 Å². The van der Waals surface area contributed by atoms with Crippen molar-refractivity contribution in [2.45, 2.75) is 20.3 Å². The Hall–Kier alpha value is -2.20. The predicted octanol–water partition coefficient (Wildman–Crippen LogP) is 3.83. The Morgan fingerprint density at radius 1 is 0.792 bits per heavy atom. The predicted molar refractivity (Wildman–Crippen MR) is 97.3 cm³/mol. The summed E-state index contributed by atoms with van der Waals surface area (Å²) in [6.07, 6.45) is 0.962. The summed E-state index contributed by atoms with van der Waals surface area (Å²) < 4.78 is 17.0. The van der Waals surface area contributed by atoms with Gasteiger partial charge in [-0.3, -0.25) is 0 Å². The van der Waals surface area contributed by atoms with Crippen molar-refractivity contribution in [3.05, 3.63) is 54.1 Å². The molecule has 0 radical (unpaired) electrons. The Morgan fingerprint density at radius 2 is 1.50 bits per heavy atom. The monoisotopic (exact) mass is 329 g/mol. The molecule has 4 nitrogen and oxygen atoms in total. The third-order valence-electron chi connectivity index (χ3n) is 3.47. The molecule has 24 heavy (non-hydrogen) atoms. The second-order valence-electron chi connectivity index (χ2n) is 5.49. The van der Waals surface area contributed by atoms with Gasteiger partial charge in [0, 0.05) is 6.54 Å². The minimum atomic E-state index is 0.614. The summed E-state index contributed by atoms with van der Waals surface area (Å²) in [7, 11) is 0. The molecule has 2 aromatic carbocycles. The maximum absolute atomic E-state index is 5.76. The molecule has 0 atom stereocenters. The van der Waals surface area contributed by atoms with E-state index in [0.717, 1.165) is 36.8 Å². The van der Waals surface area contributed by atoms with Crippen LogP contribution >= 0.6 is 0 Å². The van der Waals surface area contributed by atoms with E-state index in [2.05, 4.69) is 24.4 Å². The first kappa shape index (κ1) is 18.1. The van der Waals surface area contributed by atoms with Crippen molar-refractivity contribution in [2.75, 3.05) is 32.9 Å². The number of rotatable bonds is 11. The van der Waals surface area contributed by atoms with Gasteiger partial charge in [-0.2, -0.15) is 0 Å². The second-order valence-corrected chi connectivity index (χ2v) is 5.49. The van der Waals surface area contributed by atoms with E-state index in [1.807, 2.05) is 43.3 Å². The molecule has 0 heterocycles. The highest BCUT2D eigenvalue weighted by Gasteiger charge is 2.02. The van der Waals surface area contributed by atoms with Gasteiger partial charge in [0.25, 0.3) is 0 Å². The molecule has 2 aromatic rings. The van der Waals surface area contributed by atoms with Crippen LogP contribution in [0.4, 0.5) is 0 Å². The maximum atomic E-state index is 5.76. The van der Waals surface area contributed by atoms with Crippen LogP contribution in [0.15, 0.2) is 48.5 Å². The Kier molecular flexibility index (Phi) is 7.98. The van der Waals surface area contributed by atoms with Gasteiger partial charge < -0.3 is 19.5 Å². The van der Waals surface area contributed by atoms with Crippen molar-refractivity contribution >= 4 is 0 Å². The van der Waals surface area contributed by atoms with E-state index in [4.69, 9.17) is 14.2 Å². The first-order chi connectivity index (χ1) is 11.8. The van der Waals surface area contributed by atoms with Crippen LogP contribution in [0.2, 0.25) is 0 Å². The molecule has 2 rings (SSSR count). The standard InChI is InChI=1S/C20H27NO3/c1-3-22-19-7-4-5-8-20(19)24-16-14-21-13-6-15-23-18-11-9-17(2)10-12-18/h4-5,7-12,21H,3,6,13-16H2,1-2H3. The number of benzene rings is 2. The van der Waals surface area contributed by atoms with Gasteiger partial charge in [-0.25, -0.2) is 0 Å². The molecule has 0 bridgehead atoms. The lowest BCUT2D eigenvalue weighted by molar-refractivity contribution is 0.272. The lowest BCUT2D eigenvalue weighted by atomic mass is 10.2. The molecule has 0 amide bonds. The summed E-state index contributed by atoms with van der Waals surface area (Å²) in [6, 6.07) is 15.9. The first-order valence-electron chi connectivity index (χ1n) is 8.54. The molecule has 0 fully saturated rings. The van der Waals surface area contributed by atoms with Crippen LogP contribution in [0.3, 0.4) is 0 Å². The van der Waals surface area contributed by atoms with E-state index in [9.17, 15) is 0 Å². The Morgan fingerprint density at radius 3 is 2.21 bits per heavy atom. The van der Waals surface area contributed by atoms with Gasteiger partial charge >= 0.3 is 0 Å². The molecule has 0 aliphatic carbocycles. The largest absolute Gasteiger partial charge is 0.494 e. The van der Waals surface area contributed by atoms with E-state index in [-0.39, 0.29) is 0 Å². The van der Waals surface area contributed by atoms with Crippen LogP contribution in [-0.2, 0) is 0 Å².